The van der Waals surface area contributed by atoms with Crippen molar-refractivity contribution in [3.05, 3.63) is 0 Å². The van der Waals surface area contributed by atoms with Crippen molar-refractivity contribution in [2.45, 2.75) is 18.6 Å². The summed E-state index contributed by atoms with van der Waals surface area (Å²) in [5, 5.41) is 0. The third-order valence-electron chi connectivity index (χ3n) is 2.36. The van der Waals surface area contributed by atoms with Crippen LogP contribution in [0.4, 0.5) is 9.59 Å². The van der Waals surface area contributed by atoms with E-state index in [0.29, 0.717) is 13.0 Å². The molecule has 13 heavy (non-hydrogen) atoms. The number of fused-ring (bicyclic) bond motifs is 1. The highest BCUT2D eigenvalue weighted by molar-refractivity contribution is 5.71. The number of nitrogens with zero attached hydrogens (tertiary/aromatic N) is 1. The van der Waals surface area contributed by atoms with Crippen molar-refractivity contribution in [1.82, 2.24) is 4.90 Å². The van der Waals surface area contributed by atoms with Gasteiger partial charge in [0.2, 0.25) is 0 Å². The van der Waals surface area contributed by atoms with Crippen molar-refractivity contribution in [3.8, 4) is 0 Å². The second-order valence-corrected chi connectivity index (χ2v) is 3.10. The van der Waals surface area contributed by atoms with Crippen LogP contribution in [0.5, 0.6) is 0 Å². The molecule has 2 atom stereocenters. The molecule has 2 saturated heterocycles. The summed E-state index contributed by atoms with van der Waals surface area (Å²) in [5.74, 6) is 0. The molecule has 2 rings (SSSR count). The van der Waals surface area contributed by atoms with Gasteiger partial charge >= 0.3 is 12.2 Å². The summed E-state index contributed by atoms with van der Waals surface area (Å²) in [4.78, 5) is 23.1. The molecule has 0 aliphatic carbocycles. The number of amides is 2. The first-order valence-corrected chi connectivity index (χ1v) is 4.08. The fourth-order valence-corrected chi connectivity index (χ4v) is 1.78. The highest BCUT2D eigenvalue weighted by Crippen LogP contribution is 2.26. The van der Waals surface area contributed by atoms with Crippen LogP contribution in [0, 0.1) is 0 Å². The molecule has 0 bridgehead atoms. The van der Waals surface area contributed by atoms with E-state index in [-0.39, 0.29) is 24.8 Å². The minimum Gasteiger partial charge on any atom is -0.447 e. The SMILES string of the molecule is NC(=O)OC1CCN2C(=O)OCC12. The molecular weight excluding hydrogens is 176 g/mol. The van der Waals surface area contributed by atoms with Gasteiger partial charge in [-0.25, -0.2) is 9.59 Å². The van der Waals surface area contributed by atoms with Gasteiger partial charge in [0.25, 0.3) is 0 Å². The van der Waals surface area contributed by atoms with Gasteiger partial charge in [0.1, 0.15) is 18.8 Å². The molecule has 0 aromatic carbocycles. The lowest BCUT2D eigenvalue weighted by Crippen LogP contribution is -2.36. The minimum absolute atomic E-state index is 0.139. The van der Waals surface area contributed by atoms with Gasteiger partial charge < -0.3 is 15.2 Å². The Bertz CT molecular complexity index is 255. The molecule has 2 aliphatic heterocycles. The van der Waals surface area contributed by atoms with E-state index in [1.54, 1.807) is 4.90 Å². The molecule has 2 aliphatic rings. The number of carbonyl (C=O) groups is 2. The zero-order valence-corrected chi connectivity index (χ0v) is 6.93. The monoisotopic (exact) mass is 186 g/mol. The normalized spacial score (nSPS) is 31.4. The van der Waals surface area contributed by atoms with Crippen LogP contribution >= 0.6 is 0 Å². The quantitative estimate of drug-likeness (QED) is 0.608. The van der Waals surface area contributed by atoms with Crippen LogP contribution < -0.4 is 5.73 Å². The van der Waals surface area contributed by atoms with Crippen molar-refractivity contribution in [3.63, 3.8) is 0 Å². The number of cyclic esters (lactones) is 1. The lowest BCUT2D eigenvalue weighted by Gasteiger charge is -2.15. The largest absolute Gasteiger partial charge is 0.447 e. The van der Waals surface area contributed by atoms with Gasteiger partial charge in [0.15, 0.2) is 0 Å². The van der Waals surface area contributed by atoms with Crippen LogP contribution in [0.2, 0.25) is 0 Å². The number of nitrogens with two attached hydrogens (primary N) is 1. The van der Waals surface area contributed by atoms with Crippen molar-refractivity contribution < 1.29 is 19.1 Å². The Kier molecular flexibility index (Phi) is 1.75. The van der Waals surface area contributed by atoms with Gasteiger partial charge in [-0.15, -0.1) is 0 Å². The standard InChI is InChI=1S/C7H10N2O4/c8-6(10)13-5-1-2-9-4(5)3-12-7(9)11/h4-5H,1-3H2,(H2,8,10). The molecule has 2 N–H and O–H groups in total. The Morgan fingerprint density at radius 3 is 3.15 bits per heavy atom. The molecule has 2 fully saturated rings. The van der Waals surface area contributed by atoms with Crippen molar-refractivity contribution in [2.24, 2.45) is 5.73 Å². The van der Waals surface area contributed by atoms with Crippen LogP contribution in [0.15, 0.2) is 0 Å². The van der Waals surface area contributed by atoms with Gasteiger partial charge in [-0.3, -0.25) is 4.90 Å². The number of ether oxygens (including phenoxy) is 2. The lowest BCUT2D eigenvalue weighted by atomic mass is 10.2. The molecule has 0 radical (unpaired) electrons. The Labute approximate surface area is 74.6 Å². The molecule has 0 spiro atoms. The summed E-state index contributed by atoms with van der Waals surface area (Å²) >= 11 is 0. The number of primary amides is 1. The van der Waals surface area contributed by atoms with Crippen LogP contribution in [0.1, 0.15) is 6.42 Å². The first-order valence-electron chi connectivity index (χ1n) is 4.08. The van der Waals surface area contributed by atoms with Crippen molar-refractivity contribution in [2.75, 3.05) is 13.2 Å². The number of carbonyl (C=O) groups excluding carboxylic acids is 2. The molecule has 0 aromatic rings. The molecule has 2 amide bonds. The maximum atomic E-state index is 11.0. The van der Waals surface area contributed by atoms with E-state index in [2.05, 4.69) is 0 Å². The average Bonchev–Trinajstić information content (AvgIpc) is 2.56. The maximum absolute atomic E-state index is 11.0. The Balaban J connectivity index is 2.02. The lowest BCUT2D eigenvalue weighted by molar-refractivity contribution is 0.0869. The summed E-state index contributed by atoms with van der Waals surface area (Å²) in [7, 11) is 0. The predicted octanol–water partition coefficient (Wildman–Crippen LogP) is -0.325. The van der Waals surface area contributed by atoms with Crippen LogP contribution in [-0.2, 0) is 9.47 Å². The molecular formula is C7H10N2O4. The molecule has 2 heterocycles. The minimum atomic E-state index is -0.800. The van der Waals surface area contributed by atoms with Gasteiger partial charge in [-0.2, -0.15) is 0 Å². The third kappa shape index (κ3) is 1.28. The molecule has 0 aromatic heterocycles. The first kappa shape index (κ1) is 8.15. The van der Waals surface area contributed by atoms with Gasteiger partial charge in [0.05, 0.1) is 0 Å². The molecule has 6 nitrogen and oxygen atoms in total. The van der Waals surface area contributed by atoms with E-state index < -0.39 is 6.09 Å². The molecule has 72 valence electrons. The summed E-state index contributed by atoms with van der Waals surface area (Å²) in [6.07, 6.45) is -0.793. The van der Waals surface area contributed by atoms with E-state index in [4.69, 9.17) is 15.2 Å². The second-order valence-electron chi connectivity index (χ2n) is 3.10. The van der Waals surface area contributed by atoms with Crippen LogP contribution in [0.25, 0.3) is 0 Å². The van der Waals surface area contributed by atoms with E-state index in [1.807, 2.05) is 0 Å². The molecule has 0 saturated carbocycles. The smallest absolute Gasteiger partial charge is 0.410 e. The van der Waals surface area contributed by atoms with E-state index >= 15 is 0 Å². The number of rotatable bonds is 1. The topological polar surface area (TPSA) is 81.9 Å². The number of hydrogen-bond acceptors (Lipinski definition) is 4. The highest BCUT2D eigenvalue weighted by Gasteiger charge is 2.45. The van der Waals surface area contributed by atoms with Crippen molar-refractivity contribution in [1.29, 1.82) is 0 Å². The zero-order chi connectivity index (χ0) is 9.42. The highest BCUT2D eigenvalue weighted by atomic mass is 16.6. The average molecular weight is 186 g/mol. The number of hydrogen-bond donors (Lipinski definition) is 1. The Morgan fingerprint density at radius 2 is 2.46 bits per heavy atom. The van der Waals surface area contributed by atoms with Gasteiger partial charge in [0, 0.05) is 13.0 Å². The molecule has 2 unspecified atom stereocenters. The van der Waals surface area contributed by atoms with Crippen molar-refractivity contribution >= 4 is 12.2 Å². The maximum Gasteiger partial charge on any atom is 0.410 e. The molecule has 6 heteroatoms. The Morgan fingerprint density at radius 1 is 1.69 bits per heavy atom. The fourth-order valence-electron chi connectivity index (χ4n) is 1.78. The van der Waals surface area contributed by atoms with Gasteiger partial charge in [-0.1, -0.05) is 0 Å². The third-order valence-corrected chi connectivity index (χ3v) is 2.36. The van der Waals surface area contributed by atoms with Crippen LogP contribution in [-0.4, -0.2) is 42.4 Å². The van der Waals surface area contributed by atoms with Crippen LogP contribution in [0.3, 0.4) is 0 Å². The fraction of sp³-hybridized carbons (Fsp3) is 0.714. The summed E-state index contributed by atoms with van der Waals surface area (Å²) in [6.45, 7) is 0.859. The van der Waals surface area contributed by atoms with Gasteiger partial charge in [-0.05, 0) is 0 Å². The zero-order valence-electron chi connectivity index (χ0n) is 6.93. The second kappa shape index (κ2) is 2.79. The Hall–Kier alpha value is -1.46. The predicted molar refractivity (Wildman–Crippen MR) is 40.9 cm³/mol. The first-order chi connectivity index (χ1) is 6.18. The summed E-state index contributed by atoms with van der Waals surface area (Å²) < 4.78 is 9.62. The van der Waals surface area contributed by atoms with E-state index in [1.165, 1.54) is 0 Å². The van der Waals surface area contributed by atoms with E-state index in [9.17, 15) is 9.59 Å². The summed E-state index contributed by atoms with van der Waals surface area (Å²) in [6, 6.07) is -0.139. The van der Waals surface area contributed by atoms with E-state index in [0.717, 1.165) is 0 Å². The summed E-state index contributed by atoms with van der Waals surface area (Å²) in [5.41, 5.74) is 4.88.